The zero-order valence-corrected chi connectivity index (χ0v) is 22.7. The molecule has 0 aliphatic heterocycles. The lowest BCUT2D eigenvalue weighted by molar-refractivity contribution is -0.140. The number of benzene rings is 4. The van der Waals surface area contributed by atoms with Crippen LogP contribution in [0.3, 0.4) is 0 Å². The maximum absolute atomic E-state index is 14.7. The highest BCUT2D eigenvalue weighted by Crippen LogP contribution is 2.48. The molecule has 1 aliphatic carbocycles. The van der Waals surface area contributed by atoms with E-state index in [-0.39, 0.29) is 34.6 Å². The molecule has 0 atom stereocenters. The molecule has 5 nitrogen and oxygen atoms in total. The van der Waals surface area contributed by atoms with E-state index in [0.29, 0.717) is 29.8 Å². The van der Waals surface area contributed by atoms with Gasteiger partial charge >= 0.3 is 12.1 Å². The molecular weight excluding hydrogens is 572 g/mol. The van der Waals surface area contributed by atoms with Crippen molar-refractivity contribution in [3.63, 3.8) is 0 Å². The first-order valence-electron chi connectivity index (χ1n) is 13.1. The summed E-state index contributed by atoms with van der Waals surface area (Å²) in [7, 11) is 0. The lowest BCUT2D eigenvalue weighted by Crippen LogP contribution is -2.19. The van der Waals surface area contributed by atoms with Crippen molar-refractivity contribution in [3.8, 4) is 17.0 Å². The molecule has 42 heavy (non-hydrogen) atoms. The molecule has 6 rings (SSSR count). The number of carboxylic acid groups (broad SMARTS) is 1. The minimum Gasteiger partial charge on any atom is -0.489 e. The van der Waals surface area contributed by atoms with Gasteiger partial charge in [0, 0.05) is 21.5 Å². The molecule has 10 heteroatoms. The van der Waals surface area contributed by atoms with E-state index in [0.717, 1.165) is 23.3 Å². The monoisotopic (exact) mass is 594 g/mol. The minimum atomic E-state index is -4.63. The van der Waals surface area contributed by atoms with Crippen molar-refractivity contribution >= 4 is 28.5 Å². The van der Waals surface area contributed by atoms with Gasteiger partial charge in [-0.3, -0.25) is 9.48 Å². The van der Waals surface area contributed by atoms with E-state index in [1.807, 2.05) is 12.1 Å². The van der Waals surface area contributed by atoms with E-state index >= 15 is 0 Å². The molecule has 1 saturated carbocycles. The number of aliphatic carboxylic acids is 1. The fourth-order valence-electron chi connectivity index (χ4n) is 5.18. The molecule has 0 radical (unpaired) electrons. The van der Waals surface area contributed by atoms with E-state index in [1.54, 1.807) is 42.5 Å². The largest absolute Gasteiger partial charge is 0.489 e. The van der Waals surface area contributed by atoms with Gasteiger partial charge in [0.1, 0.15) is 23.7 Å². The molecule has 1 heterocycles. The van der Waals surface area contributed by atoms with Crippen molar-refractivity contribution in [2.45, 2.75) is 37.6 Å². The number of alkyl halides is 3. The van der Waals surface area contributed by atoms with Crippen LogP contribution in [0.1, 0.15) is 35.1 Å². The molecule has 1 fully saturated rings. The van der Waals surface area contributed by atoms with Crippen LogP contribution in [0.15, 0.2) is 84.9 Å². The van der Waals surface area contributed by atoms with Crippen LogP contribution in [-0.4, -0.2) is 20.9 Å². The number of fused-ring (bicyclic) bond motifs is 1. The minimum absolute atomic E-state index is 0.125. The van der Waals surface area contributed by atoms with Crippen molar-refractivity contribution in [1.82, 2.24) is 9.78 Å². The molecule has 214 valence electrons. The van der Waals surface area contributed by atoms with Crippen LogP contribution in [0.25, 0.3) is 22.2 Å². The second-order valence-corrected chi connectivity index (χ2v) is 10.8. The van der Waals surface area contributed by atoms with Crippen LogP contribution in [0.5, 0.6) is 5.75 Å². The first-order chi connectivity index (χ1) is 20.0. The lowest BCUT2D eigenvalue weighted by atomic mass is 9.95. The molecule has 0 amide bonds. The van der Waals surface area contributed by atoms with E-state index in [9.17, 15) is 27.5 Å². The summed E-state index contributed by atoms with van der Waals surface area (Å²) in [5.41, 5.74) is 0.804. The van der Waals surface area contributed by atoms with Gasteiger partial charge < -0.3 is 9.84 Å². The second-order valence-electron chi connectivity index (χ2n) is 10.3. The Bertz CT molecular complexity index is 1810. The Labute approximate surface area is 242 Å². The third-order valence-corrected chi connectivity index (χ3v) is 7.82. The summed E-state index contributed by atoms with van der Waals surface area (Å²) in [5.74, 6) is -0.953. The van der Waals surface area contributed by atoms with Gasteiger partial charge in [-0.05, 0) is 54.3 Å². The fraction of sp³-hybridized carbons (Fsp3) is 0.188. The number of halogens is 5. The van der Waals surface area contributed by atoms with E-state index in [1.165, 1.54) is 22.9 Å². The zero-order chi connectivity index (χ0) is 29.6. The molecule has 1 N–H and O–H groups in total. The van der Waals surface area contributed by atoms with Gasteiger partial charge in [0.25, 0.3) is 0 Å². The number of carbonyl (C=O) groups is 1. The number of hydrogen-bond acceptors (Lipinski definition) is 3. The summed E-state index contributed by atoms with van der Waals surface area (Å²) in [6.07, 6.45) is -3.40. The Balaban J connectivity index is 1.33. The molecule has 0 spiro atoms. The Morgan fingerprint density at radius 2 is 1.74 bits per heavy atom. The smallest absolute Gasteiger partial charge is 0.418 e. The predicted octanol–water partition coefficient (Wildman–Crippen LogP) is 8.26. The molecule has 1 aliphatic rings. The Morgan fingerprint density at radius 1 is 1.00 bits per heavy atom. The van der Waals surface area contributed by atoms with Crippen LogP contribution < -0.4 is 4.74 Å². The van der Waals surface area contributed by atoms with Gasteiger partial charge in [-0.15, -0.1) is 0 Å². The van der Waals surface area contributed by atoms with Crippen molar-refractivity contribution in [2.75, 3.05) is 0 Å². The molecule has 0 unspecified atom stereocenters. The SMILES string of the molecule is O=C(O)C1(c2ccc(COc3cccc(-c4c5cccc(C(F)(F)F)c5nn4Cc4ccc(Cl)cc4F)c3)cc2)CC1. The average Bonchev–Trinajstić information content (AvgIpc) is 3.69. The lowest BCUT2D eigenvalue weighted by Gasteiger charge is -2.13. The standard InChI is InChI=1S/C32H23ClF4N2O3/c33-23-12-9-21(27(34)16-23)17-39-29(25-5-2-6-26(28(25)38-39)32(35,36)37)20-3-1-4-24(15-20)42-18-19-7-10-22(11-8-19)31(13-14-31)30(40)41/h1-12,15-16H,13-14,17-18H2,(H,40,41). The van der Waals surface area contributed by atoms with Gasteiger partial charge in [0.2, 0.25) is 0 Å². The third-order valence-electron chi connectivity index (χ3n) is 7.59. The summed E-state index contributed by atoms with van der Waals surface area (Å²) in [5, 5.41) is 14.3. The highest BCUT2D eigenvalue weighted by molar-refractivity contribution is 6.30. The molecule has 4 aromatic carbocycles. The number of ether oxygens (including phenoxy) is 1. The summed E-state index contributed by atoms with van der Waals surface area (Å²) >= 11 is 5.89. The maximum atomic E-state index is 14.7. The van der Waals surface area contributed by atoms with Gasteiger partial charge in [-0.1, -0.05) is 66.2 Å². The van der Waals surface area contributed by atoms with E-state index in [4.69, 9.17) is 16.3 Å². The Kier molecular flexibility index (Phi) is 6.93. The Morgan fingerprint density at radius 3 is 2.40 bits per heavy atom. The molecular formula is C32H23ClF4N2O3. The van der Waals surface area contributed by atoms with Crippen molar-refractivity contribution < 1.29 is 32.2 Å². The number of rotatable bonds is 8. The first-order valence-corrected chi connectivity index (χ1v) is 13.5. The van der Waals surface area contributed by atoms with Crippen molar-refractivity contribution in [3.05, 3.63) is 118 Å². The third kappa shape index (κ3) is 5.20. The maximum Gasteiger partial charge on any atom is 0.418 e. The molecule has 0 bridgehead atoms. The van der Waals surface area contributed by atoms with Crippen molar-refractivity contribution in [2.24, 2.45) is 0 Å². The van der Waals surface area contributed by atoms with Gasteiger partial charge in [0.05, 0.1) is 23.2 Å². The van der Waals surface area contributed by atoms with Gasteiger partial charge in [-0.2, -0.15) is 18.3 Å². The highest BCUT2D eigenvalue weighted by atomic mass is 35.5. The number of carboxylic acids is 1. The number of hydrogen-bond donors (Lipinski definition) is 1. The van der Waals surface area contributed by atoms with Crippen LogP contribution in [0.4, 0.5) is 17.6 Å². The summed E-state index contributed by atoms with van der Waals surface area (Å²) < 4.78 is 63.7. The fourth-order valence-corrected chi connectivity index (χ4v) is 5.34. The van der Waals surface area contributed by atoms with E-state index in [2.05, 4.69) is 5.10 Å². The average molecular weight is 595 g/mol. The normalized spacial score (nSPS) is 14.2. The summed E-state index contributed by atoms with van der Waals surface area (Å²) in [6, 6.07) is 22.1. The van der Waals surface area contributed by atoms with Crippen molar-refractivity contribution in [1.29, 1.82) is 0 Å². The summed E-state index contributed by atoms with van der Waals surface area (Å²) in [6.45, 7) is 0.0671. The number of nitrogens with zero attached hydrogens (tertiary/aromatic N) is 2. The molecule has 1 aromatic heterocycles. The molecule has 5 aromatic rings. The van der Waals surface area contributed by atoms with E-state index < -0.39 is 28.9 Å². The second kappa shape index (κ2) is 10.5. The first kappa shape index (κ1) is 27.8. The topological polar surface area (TPSA) is 64.3 Å². The van der Waals surface area contributed by atoms with Crippen LogP contribution >= 0.6 is 11.6 Å². The molecule has 0 saturated heterocycles. The zero-order valence-electron chi connectivity index (χ0n) is 22.0. The summed E-state index contributed by atoms with van der Waals surface area (Å²) in [4.78, 5) is 11.6. The number of aromatic nitrogens is 2. The van der Waals surface area contributed by atoms with Gasteiger partial charge in [-0.25, -0.2) is 4.39 Å². The van der Waals surface area contributed by atoms with Crippen LogP contribution in [0, 0.1) is 5.82 Å². The van der Waals surface area contributed by atoms with Crippen LogP contribution in [-0.2, 0) is 29.5 Å². The van der Waals surface area contributed by atoms with Gasteiger partial charge in [0.15, 0.2) is 0 Å². The predicted molar refractivity (Wildman–Crippen MR) is 150 cm³/mol. The highest BCUT2D eigenvalue weighted by Gasteiger charge is 2.51. The quantitative estimate of drug-likeness (QED) is 0.184. The Hall–Kier alpha value is -4.37. The van der Waals surface area contributed by atoms with Crippen LogP contribution in [0.2, 0.25) is 5.02 Å².